The van der Waals surface area contributed by atoms with Crippen molar-refractivity contribution in [2.24, 2.45) is 5.16 Å². The van der Waals surface area contributed by atoms with E-state index in [1.165, 1.54) is 0 Å². The number of benzene rings is 1. The number of hydrogen-bond donors (Lipinski definition) is 0. The minimum Gasteiger partial charge on any atom is -0.377 e. The standard InChI is InChI=1S/C13H13FN2O3/c14-13(16(17)18)11(10-6-2-1-3-7-10)15-19-12(13)8-4-5-9-12/h1-3,6-7H,4-5,8-9H2. The summed E-state index contributed by atoms with van der Waals surface area (Å²) in [5.41, 5.74) is -1.26. The van der Waals surface area contributed by atoms with Crippen molar-refractivity contribution in [1.29, 1.82) is 0 Å². The largest absolute Gasteiger partial charge is 0.446 e. The van der Waals surface area contributed by atoms with Gasteiger partial charge in [0.15, 0.2) is 0 Å². The van der Waals surface area contributed by atoms with Crippen molar-refractivity contribution in [3.63, 3.8) is 0 Å². The molecule has 1 aliphatic heterocycles. The van der Waals surface area contributed by atoms with Crippen LogP contribution in [0.4, 0.5) is 4.39 Å². The summed E-state index contributed by atoms with van der Waals surface area (Å²) in [6.07, 6.45) is 2.09. The first-order chi connectivity index (χ1) is 9.10. The third-order valence-electron chi connectivity index (χ3n) is 3.94. The Kier molecular flexibility index (Phi) is 2.55. The summed E-state index contributed by atoms with van der Waals surface area (Å²) in [4.78, 5) is 15.7. The lowest BCUT2D eigenvalue weighted by molar-refractivity contribution is -0.602. The maximum Gasteiger partial charge on any atom is 0.446 e. The van der Waals surface area contributed by atoms with Gasteiger partial charge in [0.25, 0.3) is 0 Å². The molecule has 0 bridgehead atoms. The van der Waals surface area contributed by atoms with Gasteiger partial charge in [0, 0.05) is 18.4 Å². The highest BCUT2D eigenvalue weighted by molar-refractivity contribution is 6.06. The van der Waals surface area contributed by atoms with Crippen LogP contribution < -0.4 is 0 Å². The molecule has 0 N–H and O–H groups in total. The van der Waals surface area contributed by atoms with Crippen LogP contribution in [-0.2, 0) is 4.84 Å². The van der Waals surface area contributed by atoms with E-state index in [9.17, 15) is 10.1 Å². The molecule has 0 amide bonds. The molecular formula is C13H13FN2O3. The van der Waals surface area contributed by atoms with Crippen molar-refractivity contribution in [2.75, 3.05) is 0 Å². The molecule has 5 nitrogen and oxygen atoms in total. The van der Waals surface area contributed by atoms with E-state index in [0.717, 1.165) is 12.8 Å². The van der Waals surface area contributed by atoms with Crippen LogP contribution in [0.1, 0.15) is 31.2 Å². The molecule has 1 unspecified atom stereocenters. The highest BCUT2D eigenvalue weighted by Crippen LogP contribution is 2.49. The van der Waals surface area contributed by atoms with E-state index in [0.29, 0.717) is 18.4 Å². The number of oxime groups is 1. The smallest absolute Gasteiger partial charge is 0.377 e. The SMILES string of the molecule is O=[N+]([O-])C1(F)C(c2ccccc2)=NOC12CCCC2. The monoisotopic (exact) mass is 264 g/mol. The zero-order valence-electron chi connectivity index (χ0n) is 10.2. The molecule has 3 rings (SSSR count). The summed E-state index contributed by atoms with van der Waals surface area (Å²) in [5, 5.41) is 15.1. The predicted octanol–water partition coefficient (Wildman–Crippen LogP) is 2.68. The molecule has 1 saturated carbocycles. The third kappa shape index (κ3) is 1.49. The van der Waals surface area contributed by atoms with Gasteiger partial charge in [-0.15, -0.1) is 0 Å². The fraction of sp³-hybridized carbons (Fsp3) is 0.462. The van der Waals surface area contributed by atoms with Crippen LogP contribution in [0.2, 0.25) is 0 Å². The van der Waals surface area contributed by atoms with E-state index >= 15 is 4.39 Å². The van der Waals surface area contributed by atoms with E-state index in [-0.39, 0.29) is 5.71 Å². The Morgan fingerprint density at radius 3 is 2.47 bits per heavy atom. The molecule has 0 saturated heterocycles. The van der Waals surface area contributed by atoms with Crippen LogP contribution in [0.15, 0.2) is 35.5 Å². The summed E-state index contributed by atoms with van der Waals surface area (Å²) in [6.45, 7) is 0. The molecule has 1 aliphatic carbocycles. The average molecular weight is 264 g/mol. The number of rotatable bonds is 2. The second-order valence-electron chi connectivity index (χ2n) is 4.98. The van der Waals surface area contributed by atoms with Crippen LogP contribution in [0.5, 0.6) is 0 Å². The topological polar surface area (TPSA) is 64.7 Å². The van der Waals surface area contributed by atoms with Crippen molar-refractivity contribution in [1.82, 2.24) is 0 Å². The van der Waals surface area contributed by atoms with Gasteiger partial charge in [-0.05, 0) is 12.8 Å². The summed E-state index contributed by atoms with van der Waals surface area (Å²) in [6, 6.07) is 8.36. The Bertz CT molecular complexity index is 540. The Balaban J connectivity index is 2.09. The lowest BCUT2D eigenvalue weighted by Gasteiger charge is -2.27. The minimum absolute atomic E-state index is 0.222. The molecule has 6 heteroatoms. The zero-order valence-corrected chi connectivity index (χ0v) is 10.2. The second-order valence-corrected chi connectivity index (χ2v) is 4.98. The third-order valence-corrected chi connectivity index (χ3v) is 3.94. The van der Waals surface area contributed by atoms with Gasteiger partial charge in [-0.3, -0.25) is 10.1 Å². The normalized spacial score (nSPS) is 28.2. The van der Waals surface area contributed by atoms with Crippen molar-refractivity contribution in [3.05, 3.63) is 46.0 Å². The highest BCUT2D eigenvalue weighted by atomic mass is 19.1. The van der Waals surface area contributed by atoms with E-state index in [2.05, 4.69) is 5.16 Å². The van der Waals surface area contributed by atoms with Crippen molar-refractivity contribution in [3.8, 4) is 0 Å². The van der Waals surface area contributed by atoms with E-state index < -0.39 is 16.3 Å². The molecule has 1 aromatic rings. The van der Waals surface area contributed by atoms with E-state index in [1.807, 2.05) is 0 Å². The van der Waals surface area contributed by atoms with Crippen LogP contribution >= 0.6 is 0 Å². The van der Waals surface area contributed by atoms with Gasteiger partial charge in [0.1, 0.15) is 0 Å². The van der Waals surface area contributed by atoms with Gasteiger partial charge in [0.2, 0.25) is 11.3 Å². The Hall–Kier alpha value is -1.98. The van der Waals surface area contributed by atoms with Crippen LogP contribution in [0.3, 0.4) is 0 Å². The lowest BCUT2D eigenvalue weighted by atomic mass is 9.85. The van der Waals surface area contributed by atoms with E-state index in [4.69, 9.17) is 4.84 Å². The Morgan fingerprint density at radius 1 is 1.26 bits per heavy atom. The molecule has 100 valence electrons. The van der Waals surface area contributed by atoms with Gasteiger partial charge < -0.3 is 4.84 Å². The van der Waals surface area contributed by atoms with Gasteiger partial charge in [-0.2, -0.15) is 4.39 Å². The molecular weight excluding hydrogens is 251 g/mol. The summed E-state index contributed by atoms with van der Waals surface area (Å²) in [5.74, 6) is -2.76. The molecule has 2 aliphatic rings. The number of hydrogen-bond acceptors (Lipinski definition) is 4. The number of halogens is 1. The first-order valence-electron chi connectivity index (χ1n) is 6.26. The molecule has 1 atom stereocenters. The van der Waals surface area contributed by atoms with Crippen LogP contribution in [0, 0.1) is 10.1 Å². The zero-order chi connectivity index (χ0) is 13.5. The molecule has 1 spiro atoms. The molecule has 1 fully saturated rings. The molecule has 1 aromatic carbocycles. The summed E-state index contributed by atoms with van der Waals surface area (Å²) in [7, 11) is 0. The predicted molar refractivity (Wildman–Crippen MR) is 66.1 cm³/mol. The van der Waals surface area contributed by atoms with Crippen LogP contribution in [-0.4, -0.2) is 22.0 Å². The average Bonchev–Trinajstić information content (AvgIpc) is 3.00. The van der Waals surface area contributed by atoms with Gasteiger partial charge >= 0.3 is 5.79 Å². The van der Waals surface area contributed by atoms with Crippen molar-refractivity contribution < 1.29 is 14.2 Å². The van der Waals surface area contributed by atoms with Crippen LogP contribution in [0.25, 0.3) is 0 Å². The fourth-order valence-electron chi connectivity index (χ4n) is 2.93. The number of alkyl halides is 1. The first-order valence-corrected chi connectivity index (χ1v) is 6.26. The van der Waals surface area contributed by atoms with Gasteiger partial charge in [-0.25, -0.2) is 0 Å². The fourth-order valence-corrected chi connectivity index (χ4v) is 2.93. The molecule has 1 heterocycles. The Labute approximate surface area is 109 Å². The quantitative estimate of drug-likeness (QED) is 0.468. The maximum absolute atomic E-state index is 15.2. The number of nitrogens with zero attached hydrogens (tertiary/aromatic N) is 2. The van der Waals surface area contributed by atoms with Crippen molar-refractivity contribution >= 4 is 5.71 Å². The molecule has 0 aromatic heterocycles. The minimum atomic E-state index is -2.76. The number of nitro groups is 1. The Morgan fingerprint density at radius 2 is 1.89 bits per heavy atom. The summed E-state index contributed by atoms with van der Waals surface area (Å²) < 4.78 is 15.2. The van der Waals surface area contributed by atoms with Gasteiger partial charge in [-0.1, -0.05) is 35.5 Å². The second kappa shape index (κ2) is 4.01. The lowest BCUT2D eigenvalue weighted by Crippen LogP contribution is -2.57. The highest BCUT2D eigenvalue weighted by Gasteiger charge is 2.73. The summed E-state index contributed by atoms with van der Waals surface area (Å²) >= 11 is 0. The first kappa shape index (κ1) is 12.1. The van der Waals surface area contributed by atoms with Gasteiger partial charge in [0.05, 0.1) is 4.92 Å². The molecule has 19 heavy (non-hydrogen) atoms. The maximum atomic E-state index is 15.2. The van der Waals surface area contributed by atoms with Crippen molar-refractivity contribution in [2.45, 2.75) is 37.1 Å². The molecule has 0 radical (unpaired) electrons. The van der Waals surface area contributed by atoms with E-state index in [1.54, 1.807) is 30.3 Å².